The van der Waals surface area contributed by atoms with E-state index >= 15 is 0 Å². The van der Waals surface area contributed by atoms with Crippen molar-refractivity contribution in [2.75, 3.05) is 0 Å². The second-order valence-electron chi connectivity index (χ2n) is 8.53. The van der Waals surface area contributed by atoms with Crippen LogP contribution in [0, 0.1) is 11.9 Å². The van der Waals surface area contributed by atoms with E-state index < -0.39 is 17.3 Å². The van der Waals surface area contributed by atoms with Gasteiger partial charge in [-0.2, -0.15) is 18.9 Å². The number of pyridine rings is 2. The molecule has 4 nitrogen and oxygen atoms in total. The van der Waals surface area contributed by atoms with Gasteiger partial charge in [-0.05, 0) is 56.3 Å². The van der Waals surface area contributed by atoms with Gasteiger partial charge in [-0.1, -0.05) is 54.6 Å². The molecule has 0 aliphatic rings. The molecule has 0 saturated heterocycles. The van der Waals surface area contributed by atoms with Crippen LogP contribution in [0.1, 0.15) is 25.2 Å². The Balaban J connectivity index is 1.62. The van der Waals surface area contributed by atoms with E-state index in [1.807, 2.05) is 79.2 Å². The molecule has 34 heavy (non-hydrogen) atoms. The fourth-order valence-electron chi connectivity index (χ4n) is 3.93. The first-order valence-electron chi connectivity index (χ1n) is 10.9. The van der Waals surface area contributed by atoms with Crippen LogP contribution in [-0.2, 0) is 5.41 Å². The summed E-state index contributed by atoms with van der Waals surface area (Å²) in [6, 6.07) is 30.0. The van der Waals surface area contributed by atoms with Crippen LogP contribution in [0.4, 0.5) is 8.78 Å². The topological polar surface area (TPSA) is 43.6 Å². The van der Waals surface area contributed by atoms with Crippen LogP contribution in [0.5, 0.6) is 0 Å². The summed E-state index contributed by atoms with van der Waals surface area (Å²) in [4.78, 5) is 8.01. The standard InChI is InChI=1S/C28H22F2N4/c1-28(2,24-15-9-14-22(31-24)21-16-17-26(29)32-27(21)30)25-18-23(19-10-5-3-6-11-19)34(33-25)20-12-7-4-8-13-20/h3-18H,1-2H3. The Bertz CT molecular complexity index is 1390. The van der Waals surface area contributed by atoms with E-state index in [2.05, 4.69) is 23.2 Å². The van der Waals surface area contributed by atoms with Crippen molar-refractivity contribution in [3.8, 4) is 28.2 Å². The molecule has 5 rings (SSSR count). The van der Waals surface area contributed by atoms with E-state index in [0.717, 1.165) is 28.7 Å². The van der Waals surface area contributed by atoms with Crippen molar-refractivity contribution in [1.82, 2.24) is 19.7 Å². The monoisotopic (exact) mass is 452 g/mol. The molecule has 168 valence electrons. The third-order valence-corrected chi connectivity index (χ3v) is 5.90. The summed E-state index contributed by atoms with van der Waals surface area (Å²) in [5, 5.41) is 4.98. The molecule has 0 amide bonds. The molecule has 0 spiro atoms. The highest BCUT2D eigenvalue weighted by molar-refractivity contribution is 5.64. The maximum atomic E-state index is 14.3. The molecule has 6 heteroatoms. The van der Waals surface area contributed by atoms with Crippen LogP contribution >= 0.6 is 0 Å². The predicted octanol–water partition coefficient (Wildman–Crippen LogP) is 6.60. The zero-order chi connectivity index (χ0) is 23.7. The summed E-state index contributed by atoms with van der Waals surface area (Å²) in [6.07, 6.45) is 0. The molecular weight excluding hydrogens is 430 g/mol. The quantitative estimate of drug-likeness (QED) is 0.282. The number of hydrogen-bond donors (Lipinski definition) is 0. The third kappa shape index (κ3) is 3.99. The van der Waals surface area contributed by atoms with Gasteiger partial charge in [0.2, 0.25) is 11.9 Å². The van der Waals surface area contributed by atoms with Gasteiger partial charge in [0, 0.05) is 5.56 Å². The number of para-hydroxylation sites is 1. The van der Waals surface area contributed by atoms with E-state index in [9.17, 15) is 8.78 Å². The van der Waals surface area contributed by atoms with Crippen LogP contribution in [-0.4, -0.2) is 19.7 Å². The Kier molecular flexibility index (Phi) is 5.49. The Hall–Kier alpha value is -4.19. The summed E-state index contributed by atoms with van der Waals surface area (Å²) in [5.41, 5.74) is 4.43. The fraction of sp³-hybridized carbons (Fsp3) is 0.107. The first-order valence-corrected chi connectivity index (χ1v) is 10.9. The maximum absolute atomic E-state index is 14.3. The minimum Gasteiger partial charge on any atom is -0.252 e. The van der Waals surface area contributed by atoms with Crippen molar-refractivity contribution in [1.29, 1.82) is 0 Å². The third-order valence-electron chi connectivity index (χ3n) is 5.90. The largest absolute Gasteiger partial charge is 0.252 e. The van der Waals surface area contributed by atoms with E-state index in [1.165, 1.54) is 6.07 Å². The lowest BCUT2D eigenvalue weighted by Gasteiger charge is -2.22. The molecular formula is C28H22F2N4. The highest BCUT2D eigenvalue weighted by atomic mass is 19.1. The first-order chi connectivity index (χ1) is 16.4. The lowest BCUT2D eigenvalue weighted by Crippen LogP contribution is -2.22. The molecule has 0 atom stereocenters. The molecule has 0 N–H and O–H groups in total. The maximum Gasteiger partial charge on any atom is 0.224 e. The van der Waals surface area contributed by atoms with E-state index in [0.29, 0.717) is 11.4 Å². The van der Waals surface area contributed by atoms with Crippen molar-refractivity contribution in [3.05, 3.63) is 120 Å². The smallest absolute Gasteiger partial charge is 0.224 e. The van der Waals surface area contributed by atoms with Gasteiger partial charge in [0.25, 0.3) is 0 Å². The number of rotatable bonds is 5. The van der Waals surface area contributed by atoms with Crippen LogP contribution in [0.2, 0.25) is 0 Å². The minimum atomic E-state index is -0.887. The van der Waals surface area contributed by atoms with Gasteiger partial charge < -0.3 is 0 Å². The zero-order valence-electron chi connectivity index (χ0n) is 18.8. The Labute approximate surface area is 196 Å². The summed E-state index contributed by atoms with van der Waals surface area (Å²) in [7, 11) is 0. The summed E-state index contributed by atoms with van der Waals surface area (Å²) in [6.45, 7) is 4.07. The second kappa shape index (κ2) is 8.63. The molecule has 3 heterocycles. The van der Waals surface area contributed by atoms with Crippen molar-refractivity contribution in [2.24, 2.45) is 0 Å². The number of hydrogen-bond acceptors (Lipinski definition) is 3. The summed E-state index contributed by atoms with van der Waals surface area (Å²) in [5.74, 6) is -1.75. The lowest BCUT2D eigenvalue weighted by molar-refractivity contribution is 0.514. The van der Waals surface area contributed by atoms with Gasteiger partial charge in [-0.25, -0.2) is 4.68 Å². The van der Waals surface area contributed by atoms with Crippen LogP contribution < -0.4 is 0 Å². The molecule has 0 unspecified atom stereocenters. The van der Waals surface area contributed by atoms with Gasteiger partial charge in [0.15, 0.2) is 0 Å². The van der Waals surface area contributed by atoms with E-state index in [-0.39, 0.29) is 5.56 Å². The first kappa shape index (κ1) is 21.6. The number of aromatic nitrogens is 4. The minimum absolute atomic E-state index is 0.152. The van der Waals surface area contributed by atoms with Crippen molar-refractivity contribution in [3.63, 3.8) is 0 Å². The normalized spacial score (nSPS) is 11.5. The average Bonchev–Trinajstić information content (AvgIpc) is 3.32. The Morgan fingerprint density at radius 3 is 2.12 bits per heavy atom. The Morgan fingerprint density at radius 1 is 0.706 bits per heavy atom. The molecule has 0 radical (unpaired) electrons. The van der Waals surface area contributed by atoms with Gasteiger partial charge >= 0.3 is 0 Å². The lowest BCUT2D eigenvalue weighted by atomic mass is 9.84. The fourth-order valence-corrected chi connectivity index (χ4v) is 3.93. The van der Waals surface area contributed by atoms with E-state index in [4.69, 9.17) is 10.1 Å². The molecule has 0 saturated carbocycles. The van der Waals surface area contributed by atoms with Crippen molar-refractivity contribution in [2.45, 2.75) is 19.3 Å². The summed E-state index contributed by atoms with van der Waals surface area (Å²) >= 11 is 0. The van der Waals surface area contributed by atoms with E-state index in [1.54, 1.807) is 6.07 Å². The number of nitrogens with zero attached hydrogens (tertiary/aromatic N) is 4. The molecule has 5 aromatic rings. The zero-order valence-corrected chi connectivity index (χ0v) is 18.8. The van der Waals surface area contributed by atoms with Crippen molar-refractivity contribution >= 4 is 0 Å². The molecule has 0 aliphatic heterocycles. The molecule has 0 bridgehead atoms. The number of halogens is 2. The molecule has 2 aromatic carbocycles. The summed E-state index contributed by atoms with van der Waals surface area (Å²) < 4.78 is 29.5. The average molecular weight is 453 g/mol. The predicted molar refractivity (Wildman–Crippen MR) is 129 cm³/mol. The van der Waals surface area contributed by atoms with Gasteiger partial charge in [0.1, 0.15) is 0 Å². The number of benzene rings is 2. The highest BCUT2D eigenvalue weighted by Crippen LogP contribution is 2.34. The van der Waals surface area contributed by atoms with Crippen LogP contribution in [0.25, 0.3) is 28.2 Å². The van der Waals surface area contributed by atoms with Gasteiger partial charge in [0.05, 0.1) is 39.4 Å². The molecule has 0 fully saturated rings. The molecule has 3 aromatic heterocycles. The van der Waals surface area contributed by atoms with Crippen LogP contribution in [0.15, 0.2) is 97.1 Å². The Morgan fingerprint density at radius 2 is 1.41 bits per heavy atom. The second-order valence-corrected chi connectivity index (χ2v) is 8.53. The van der Waals surface area contributed by atoms with Gasteiger partial charge in [-0.15, -0.1) is 0 Å². The SMILES string of the molecule is CC(C)(c1cccc(-c2ccc(F)nc2F)n1)c1cc(-c2ccccc2)n(-c2ccccc2)n1. The van der Waals surface area contributed by atoms with Gasteiger partial charge in [-0.3, -0.25) is 4.98 Å². The highest BCUT2D eigenvalue weighted by Gasteiger charge is 2.30. The van der Waals surface area contributed by atoms with Crippen molar-refractivity contribution < 1.29 is 8.78 Å². The van der Waals surface area contributed by atoms with Crippen LogP contribution in [0.3, 0.4) is 0 Å². The molecule has 0 aliphatic carbocycles.